The molecule has 3 saturated heterocycles. The highest BCUT2D eigenvalue weighted by Crippen LogP contribution is 2.39. The fourth-order valence-electron chi connectivity index (χ4n) is 4.96. The van der Waals surface area contributed by atoms with E-state index >= 15 is 0 Å². The number of piperidine rings is 2. The van der Waals surface area contributed by atoms with Crippen LogP contribution in [-0.4, -0.2) is 85.3 Å². The number of methoxy groups -OCH3 is 1. The minimum absolute atomic E-state index is 0.00794. The number of hydrazine groups is 1. The highest BCUT2D eigenvalue weighted by molar-refractivity contribution is 7.93. The number of nitrogens with zero attached hydrogens (tertiary/aromatic N) is 2. The molecule has 0 radical (unpaired) electrons. The minimum Gasteiger partial charge on any atom is -0.481 e. The van der Waals surface area contributed by atoms with Gasteiger partial charge in [0.05, 0.1) is 23.0 Å². The van der Waals surface area contributed by atoms with Crippen LogP contribution in [0, 0.1) is 11.8 Å². The zero-order valence-corrected chi connectivity index (χ0v) is 19.7. The van der Waals surface area contributed by atoms with Gasteiger partial charge in [-0.3, -0.25) is 10.2 Å². The first-order valence-corrected chi connectivity index (χ1v) is 12.6. The summed E-state index contributed by atoms with van der Waals surface area (Å²) in [6, 6.07) is -0.0549. The SMILES string of the molecule is C=C(/C=C(\C(=C)C1CCN2NCC(CC(=O)O)C2C1)S(=O)(=O)N1CCC(OC)CC1)C(=O)O. The van der Waals surface area contributed by atoms with Crippen LogP contribution in [0.15, 0.2) is 35.3 Å². The van der Waals surface area contributed by atoms with Gasteiger partial charge in [-0.1, -0.05) is 13.2 Å². The quantitative estimate of drug-likeness (QED) is 0.326. The van der Waals surface area contributed by atoms with Gasteiger partial charge in [0.1, 0.15) is 0 Å². The summed E-state index contributed by atoms with van der Waals surface area (Å²) >= 11 is 0. The molecule has 0 spiro atoms. The van der Waals surface area contributed by atoms with Crippen LogP contribution < -0.4 is 5.43 Å². The number of hydrogen-bond acceptors (Lipinski definition) is 7. The molecule has 184 valence electrons. The van der Waals surface area contributed by atoms with Gasteiger partial charge in [-0.15, -0.1) is 0 Å². The predicted molar refractivity (Wildman–Crippen MR) is 121 cm³/mol. The van der Waals surface area contributed by atoms with Gasteiger partial charge in [0, 0.05) is 45.2 Å². The molecule has 3 atom stereocenters. The summed E-state index contributed by atoms with van der Waals surface area (Å²) in [5, 5.41) is 20.6. The molecule has 11 heteroatoms. The second-order valence-corrected chi connectivity index (χ2v) is 10.8. The van der Waals surface area contributed by atoms with Crippen molar-refractivity contribution in [2.75, 3.05) is 33.3 Å². The lowest BCUT2D eigenvalue weighted by Gasteiger charge is -2.38. The maximum absolute atomic E-state index is 13.6. The average Bonchev–Trinajstić information content (AvgIpc) is 3.17. The Hall–Kier alpha value is -2.05. The molecule has 0 aromatic carbocycles. The van der Waals surface area contributed by atoms with Gasteiger partial charge in [-0.25, -0.2) is 18.2 Å². The maximum Gasteiger partial charge on any atom is 0.335 e. The van der Waals surface area contributed by atoms with Gasteiger partial charge in [0.15, 0.2) is 0 Å². The van der Waals surface area contributed by atoms with E-state index in [-0.39, 0.29) is 54.0 Å². The number of sulfonamides is 1. The molecule has 3 N–H and O–H groups in total. The van der Waals surface area contributed by atoms with Crippen molar-refractivity contribution in [2.24, 2.45) is 11.8 Å². The van der Waals surface area contributed by atoms with Gasteiger partial charge < -0.3 is 14.9 Å². The van der Waals surface area contributed by atoms with E-state index in [1.54, 1.807) is 7.11 Å². The lowest BCUT2D eigenvalue weighted by Crippen LogP contribution is -2.46. The van der Waals surface area contributed by atoms with Crippen molar-refractivity contribution in [3.05, 3.63) is 35.3 Å². The first-order valence-electron chi connectivity index (χ1n) is 11.1. The van der Waals surface area contributed by atoms with Crippen molar-refractivity contribution in [1.82, 2.24) is 14.7 Å². The Balaban J connectivity index is 1.85. The molecule has 0 aromatic rings. The normalized spacial score (nSPS) is 27.8. The molecule has 3 aliphatic heterocycles. The molecule has 3 aliphatic rings. The summed E-state index contributed by atoms with van der Waals surface area (Å²) in [6.45, 7) is 9.32. The fraction of sp³-hybridized carbons (Fsp3) is 0.636. The summed E-state index contributed by atoms with van der Waals surface area (Å²) in [4.78, 5) is 22.6. The Kier molecular flexibility index (Phi) is 8.12. The van der Waals surface area contributed by atoms with Crippen LogP contribution in [-0.2, 0) is 24.3 Å². The monoisotopic (exact) mass is 483 g/mol. The van der Waals surface area contributed by atoms with Crippen molar-refractivity contribution >= 4 is 22.0 Å². The predicted octanol–water partition coefficient (Wildman–Crippen LogP) is 1.20. The smallest absolute Gasteiger partial charge is 0.335 e. The summed E-state index contributed by atoms with van der Waals surface area (Å²) < 4.78 is 33.9. The third-order valence-electron chi connectivity index (χ3n) is 6.92. The van der Waals surface area contributed by atoms with Crippen molar-refractivity contribution in [2.45, 2.75) is 44.2 Å². The molecule has 10 nitrogen and oxygen atoms in total. The van der Waals surface area contributed by atoms with E-state index in [9.17, 15) is 28.2 Å². The van der Waals surface area contributed by atoms with Crippen LogP contribution >= 0.6 is 0 Å². The van der Waals surface area contributed by atoms with Gasteiger partial charge >= 0.3 is 11.9 Å². The third-order valence-corrected chi connectivity index (χ3v) is 8.90. The van der Waals surface area contributed by atoms with Crippen molar-refractivity contribution in [3.63, 3.8) is 0 Å². The molecular weight excluding hydrogens is 450 g/mol. The zero-order valence-electron chi connectivity index (χ0n) is 18.9. The molecule has 0 amide bonds. The minimum atomic E-state index is -4.00. The van der Waals surface area contributed by atoms with E-state index in [0.717, 1.165) is 6.08 Å². The molecule has 3 unspecified atom stereocenters. The maximum atomic E-state index is 13.6. The topological polar surface area (TPSA) is 136 Å². The number of carboxylic acid groups (broad SMARTS) is 2. The Morgan fingerprint density at radius 2 is 1.82 bits per heavy atom. The third kappa shape index (κ3) is 5.72. The number of carbonyl (C=O) groups is 2. The van der Waals surface area contributed by atoms with Gasteiger partial charge in [-0.05, 0) is 43.3 Å². The standard InChI is InChI=1S/C22H33N3O7S/c1-14(22(28)29)10-20(33(30,31)24-7-5-18(32-3)6-8-24)15(2)16-4-9-25-19(11-16)17(13-23-25)12-21(26)27/h10,16-19,23H,1-2,4-9,11-13H2,3H3,(H,26,27)(H,28,29)/b20-10+. The van der Waals surface area contributed by atoms with Gasteiger partial charge in [-0.2, -0.15) is 4.31 Å². The molecule has 3 fully saturated rings. The van der Waals surface area contributed by atoms with Gasteiger partial charge in [0.25, 0.3) is 0 Å². The summed E-state index contributed by atoms with van der Waals surface area (Å²) in [5.41, 5.74) is 3.26. The number of nitrogens with one attached hydrogen (secondary N) is 1. The fourth-order valence-corrected chi connectivity index (χ4v) is 6.72. The number of allylic oxidation sites excluding steroid dienone is 1. The molecular formula is C22H33N3O7S. The molecule has 33 heavy (non-hydrogen) atoms. The van der Waals surface area contributed by atoms with Crippen molar-refractivity contribution < 1.29 is 33.0 Å². The first kappa shape index (κ1) is 25.6. The van der Waals surface area contributed by atoms with Crippen LogP contribution in [0.3, 0.4) is 0 Å². The lowest BCUT2D eigenvalue weighted by atomic mass is 9.81. The van der Waals surface area contributed by atoms with Crippen LogP contribution in [0.2, 0.25) is 0 Å². The average molecular weight is 484 g/mol. The highest BCUT2D eigenvalue weighted by Gasteiger charge is 2.42. The largest absolute Gasteiger partial charge is 0.481 e. The number of ether oxygens (including phenoxy) is 1. The zero-order chi connectivity index (χ0) is 24.3. The number of rotatable bonds is 9. The van der Waals surface area contributed by atoms with Crippen LogP contribution in [0.5, 0.6) is 0 Å². The molecule has 0 bridgehead atoms. The molecule has 3 rings (SSSR count). The van der Waals surface area contributed by atoms with E-state index in [2.05, 4.69) is 18.6 Å². The molecule has 0 aliphatic carbocycles. The first-order chi connectivity index (χ1) is 15.5. The highest BCUT2D eigenvalue weighted by atomic mass is 32.2. The summed E-state index contributed by atoms with van der Waals surface area (Å²) in [6.07, 6.45) is 3.40. The van der Waals surface area contributed by atoms with E-state index in [1.807, 2.05) is 5.01 Å². The number of carboxylic acids is 2. The van der Waals surface area contributed by atoms with E-state index in [1.165, 1.54) is 4.31 Å². The van der Waals surface area contributed by atoms with Crippen LogP contribution in [0.25, 0.3) is 0 Å². The lowest BCUT2D eigenvalue weighted by molar-refractivity contribution is -0.138. The Morgan fingerprint density at radius 1 is 1.15 bits per heavy atom. The van der Waals surface area contributed by atoms with Crippen LogP contribution in [0.1, 0.15) is 32.1 Å². The second kappa shape index (κ2) is 10.5. The number of fused-ring (bicyclic) bond motifs is 1. The molecule has 0 aromatic heterocycles. The van der Waals surface area contributed by atoms with Crippen molar-refractivity contribution in [3.8, 4) is 0 Å². The molecule has 0 saturated carbocycles. The summed E-state index contributed by atoms with van der Waals surface area (Å²) in [7, 11) is -2.40. The Labute approximate surface area is 194 Å². The second-order valence-electron chi connectivity index (χ2n) is 8.91. The Bertz CT molecular complexity index is 938. The Morgan fingerprint density at radius 3 is 2.39 bits per heavy atom. The van der Waals surface area contributed by atoms with Crippen molar-refractivity contribution in [1.29, 1.82) is 0 Å². The number of aliphatic carboxylic acids is 2. The molecule has 3 heterocycles. The number of hydrogen-bond donors (Lipinski definition) is 3. The van der Waals surface area contributed by atoms with E-state index in [4.69, 9.17) is 4.74 Å². The van der Waals surface area contributed by atoms with Gasteiger partial charge in [0.2, 0.25) is 10.0 Å². The van der Waals surface area contributed by atoms with Crippen LogP contribution in [0.4, 0.5) is 0 Å². The van der Waals surface area contributed by atoms with E-state index in [0.29, 0.717) is 44.3 Å². The van der Waals surface area contributed by atoms with E-state index < -0.39 is 22.0 Å². The summed E-state index contributed by atoms with van der Waals surface area (Å²) in [5.74, 6) is -2.49.